The van der Waals surface area contributed by atoms with Gasteiger partial charge in [-0.1, -0.05) is 281 Å². The van der Waals surface area contributed by atoms with Crippen molar-refractivity contribution in [3.63, 3.8) is 0 Å². The molecule has 0 saturated heterocycles. The molecule has 0 heterocycles. The average molecular weight is 996 g/mol. The first-order chi connectivity index (χ1) is 35.0. The minimum absolute atomic E-state index is 0.0796. The molecule has 0 fully saturated rings. The van der Waals surface area contributed by atoms with Crippen molar-refractivity contribution >= 4 is 17.9 Å². The van der Waals surface area contributed by atoms with Crippen molar-refractivity contribution in [3.05, 3.63) is 48.6 Å². The number of hydrogen-bond acceptors (Lipinski definition) is 6. The first kappa shape index (κ1) is 68.4. The van der Waals surface area contributed by atoms with Gasteiger partial charge in [0, 0.05) is 19.3 Å². The third-order valence-electron chi connectivity index (χ3n) is 13.8. The van der Waals surface area contributed by atoms with E-state index in [-0.39, 0.29) is 31.1 Å². The Bertz CT molecular complexity index is 1230. The van der Waals surface area contributed by atoms with Crippen LogP contribution in [0.4, 0.5) is 0 Å². The molecule has 1 unspecified atom stereocenters. The van der Waals surface area contributed by atoms with Gasteiger partial charge in [-0.2, -0.15) is 0 Å². The summed E-state index contributed by atoms with van der Waals surface area (Å²) < 4.78 is 16.9. The molecule has 71 heavy (non-hydrogen) atoms. The van der Waals surface area contributed by atoms with Gasteiger partial charge in [0.25, 0.3) is 0 Å². The highest BCUT2D eigenvalue weighted by atomic mass is 16.6. The molecular formula is C65H118O6. The quantitative estimate of drug-likeness (QED) is 0.0261. The Labute approximate surface area is 441 Å². The van der Waals surface area contributed by atoms with Crippen molar-refractivity contribution in [2.45, 2.75) is 335 Å². The number of carbonyl (C=O) groups is 3. The fourth-order valence-electron chi connectivity index (χ4n) is 9.16. The lowest BCUT2D eigenvalue weighted by Crippen LogP contribution is -2.30. The molecule has 0 bridgehead atoms. The van der Waals surface area contributed by atoms with Gasteiger partial charge >= 0.3 is 17.9 Å². The van der Waals surface area contributed by atoms with Gasteiger partial charge in [-0.15, -0.1) is 0 Å². The molecule has 0 rings (SSSR count). The molecule has 0 aliphatic carbocycles. The molecular weight excluding hydrogens is 877 g/mol. The van der Waals surface area contributed by atoms with Gasteiger partial charge < -0.3 is 14.2 Å². The molecule has 414 valence electrons. The molecule has 6 heteroatoms. The van der Waals surface area contributed by atoms with E-state index >= 15 is 0 Å². The highest BCUT2D eigenvalue weighted by Crippen LogP contribution is 2.17. The summed E-state index contributed by atoms with van der Waals surface area (Å²) in [5, 5.41) is 0. The molecule has 1 atom stereocenters. The number of esters is 3. The van der Waals surface area contributed by atoms with Gasteiger partial charge in [-0.25, -0.2) is 0 Å². The molecule has 0 aromatic heterocycles. The summed E-state index contributed by atoms with van der Waals surface area (Å²) in [6.45, 7) is 6.54. The summed E-state index contributed by atoms with van der Waals surface area (Å²) >= 11 is 0. The van der Waals surface area contributed by atoms with Crippen LogP contribution in [0.15, 0.2) is 48.6 Å². The molecule has 0 saturated carbocycles. The Morgan fingerprint density at radius 1 is 0.296 bits per heavy atom. The predicted octanol–water partition coefficient (Wildman–Crippen LogP) is 21.0. The zero-order valence-electron chi connectivity index (χ0n) is 47.5. The summed E-state index contributed by atoms with van der Waals surface area (Å²) in [5.41, 5.74) is 0. The lowest BCUT2D eigenvalue weighted by atomic mass is 10.0. The topological polar surface area (TPSA) is 78.9 Å². The normalized spacial score (nSPS) is 12.3. The number of carbonyl (C=O) groups excluding carboxylic acids is 3. The second-order valence-electron chi connectivity index (χ2n) is 20.9. The number of unbranched alkanes of at least 4 members (excludes halogenated alkanes) is 38. The fraction of sp³-hybridized carbons (Fsp3) is 0.831. The largest absolute Gasteiger partial charge is 0.462 e. The second-order valence-corrected chi connectivity index (χ2v) is 20.9. The first-order valence-electron chi connectivity index (χ1n) is 31.1. The van der Waals surface area contributed by atoms with E-state index < -0.39 is 6.10 Å². The minimum atomic E-state index is -0.784. The van der Waals surface area contributed by atoms with Crippen LogP contribution in [0, 0.1) is 0 Å². The summed E-state index contributed by atoms with van der Waals surface area (Å²) in [6.07, 6.45) is 74.1. The van der Waals surface area contributed by atoms with Crippen molar-refractivity contribution in [2.75, 3.05) is 13.2 Å². The lowest BCUT2D eigenvalue weighted by Gasteiger charge is -2.18. The van der Waals surface area contributed by atoms with Crippen LogP contribution < -0.4 is 0 Å². The fourth-order valence-corrected chi connectivity index (χ4v) is 9.16. The van der Waals surface area contributed by atoms with Gasteiger partial charge in [0.2, 0.25) is 0 Å². The van der Waals surface area contributed by atoms with Crippen LogP contribution in [0.25, 0.3) is 0 Å². The predicted molar refractivity (Wildman–Crippen MR) is 307 cm³/mol. The Hall–Kier alpha value is -2.63. The molecule has 6 nitrogen and oxygen atoms in total. The molecule has 0 N–H and O–H groups in total. The zero-order chi connectivity index (χ0) is 51.4. The SMILES string of the molecule is CC/C=C\C/C=C\C/C=C\CCCCCCCC(=O)OC(COC(=O)CCCCCCC/C=C\CCCCCCC)COC(=O)CCCCCCCCCCCCCCCCCCCCCCCCCC. The van der Waals surface area contributed by atoms with E-state index in [0.29, 0.717) is 19.3 Å². The summed E-state index contributed by atoms with van der Waals surface area (Å²) in [4.78, 5) is 38.2. The Balaban J connectivity index is 4.27. The number of rotatable bonds is 57. The maximum absolute atomic E-state index is 12.9. The van der Waals surface area contributed by atoms with E-state index in [1.165, 1.54) is 186 Å². The summed E-state index contributed by atoms with van der Waals surface area (Å²) in [6, 6.07) is 0. The second kappa shape index (κ2) is 59.9. The van der Waals surface area contributed by atoms with Crippen LogP contribution in [-0.4, -0.2) is 37.2 Å². The van der Waals surface area contributed by atoms with Crippen molar-refractivity contribution in [1.82, 2.24) is 0 Å². The first-order valence-corrected chi connectivity index (χ1v) is 31.1. The highest BCUT2D eigenvalue weighted by molar-refractivity contribution is 5.71. The van der Waals surface area contributed by atoms with Gasteiger partial charge in [0.15, 0.2) is 6.10 Å². The smallest absolute Gasteiger partial charge is 0.306 e. The van der Waals surface area contributed by atoms with Crippen LogP contribution >= 0.6 is 0 Å². The van der Waals surface area contributed by atoms with E-state index in [2.05, 4.69) is 69.4 Å². The van der Waals surface area contributed by atoms with Gasteiger partial charge in [0.1, 0.15) is 13.2 Å². The molecule has 0 aliphatic heterocycles. The Kier molecular flexibility index (Phi) is 57.7. The van der Waals surface area contributed by atoms with Gasteiger partial charge in [0.05, 0.1) is 0 Å². The molecule has 0 aromatic rings. The van der Waals surface area contributed by atoms with Gasteiger partial charge in [-0.3, -0.25) is 14.4 Å². The van der Waals surface area contributed by atoms with E-state index in [1.807, 2.05) is 0 Å². The molecule has 0 aliphatic rings. The molecule has 0 amide bonds. The van der Waals surface area contributed by atoms with E-state index in [4.69, 9.17) is 14.2 Å². The maximum Gasteiger partial charge on any atom is 0.306 e. The monoisotopic (exact) mass is 995 g/mol. The van der Waals surface area contributed by atoms with Crippen molar-refractivity contribution < 1.29 is 28.6 Å². The average Bonchev–Trinajstić information content (AvgIpc) is 3.37. The van der Waals surface area contributed by atoms with Crippen LogP contribution in [0.2, 0.25) is 0 Å². The van der Waals surface area contributed by atoms with Crippen LogP contribution in [0.3, 0.4) is 0 Å². The number of allylic oxidation sites excluding steroid dienone is 8. The van der Waals surface area contributed by atoms with E-state index in [0.717, 1.165) is 103 Å². The van der Waals surface area contributed by atoms with Crippen LogP contribution in [0.5, 0.6) is 0 Å². The zero-order valence-corrected chi connectivity index (χ0v) is 47.5. The third-order valence-corrected chi connectivity index (χ3v) is 13.8. The number of hydrogen-bond donors (Lipinski definition) is 0. The standard InChI is InChI=1S/C65H118O6/c1-4-7-10-13-16-19-22-25-28-29-30-31-32-33-34-35-36-38-40-43-46-49-52-55-58-64(67)70-61-62(60-69-63(66)57-54-51-48-45-42-39-27-24-21-18-15-12-9-6-3)71-65(68)59-56-53-50-47-44-41-37-26-23-20-17-14-11-8-5-2/h8,11,17,20,24,26-27,37,62H,4-7,9-10,12-16,18-19,21-23,25,28-36,38-61H2,1-3H3/b11-8-,20-17-,27-24-,37-26-. The molecule has 0 spiro atoms. The highest BCUT2D eigenvalue weighted by Gasteiger charge is 2.19. The van der Waals surface area contributed by atoms with Crippen molar-refractivity contribution in [1.29, 1.82) is 0 Å². The van der Waals surface area contributed by atoms with Gasteiger partial charge in [-0.05, 0) is 77.0 Å². The lowest BCUT2D eigenvalue weighted by molar-refractivity contribution is -0.167. The van der Waals surface area contributed by atoms with Crippen molar-refractivity contribution in [3.8, 4) is 0 Å². The third kappa shape index (κ3) is 58.1. The van der Waals surface area contributed by atoms with E-state index in [9.17, 15) is 14.4 Å². The molecule has 0 aromatic carbocycles. The summed E-state index contributed by atoms with van der Waals surface area (Å²) in [7, 11) is 0. The Morgan fingerprint density at radius 3 is 0.873 bits per heavy atom. The van der Waals surface area contributed by atoms with E-state index in [1.54, 1.807) is 0 Å². The molecule has 0 radical (unpaired) electrons. The number of ether oxygens (including phenoxy) is 3. The van der Waals surface area contributed by atoms with Crippen molar-refractivity contribution in [2.24, 2.45) is 0 Å². The maximum atomic E-state index is 12.9. The van der Waals surface area contributed by atoms with Crippen LogP contribution in [0.1, 0.15) is 329 Å². The van der Waals surface area contributed by atoms with Crippen LogP contribution in [-0.2, 0) is 28.6 Å². The summed E-state index contributed by atoms with van der Waals surface area (Å²) in [5.74, 6) is -0.888. The Morgan fingerprint density at radius 2 is 0.549 bits per heavy atom. The minimum Gasteiger partial charge on any atom is -0.462 e.